The maximum atomic E-state index is 7.64. The first-order chi connectivity index (χ1) is 2.41. The average Bonchev–Trinajstić information content (AvgIpc) is 1.41. The Morgan fingerprint density at radius 2 is 2.40 bits per heavy atom. The summed E-state index contributed by atoms with van der Waals surface area (Å²) in [5, 5.41) is 0. The highest BCUT2D eigenvalue weighted by atomic mass is 32.2. The van der Waals surface area contributed by atoms with Crippen molar-refractivity contribution in [3.63, 3.8) is 0 Å². The molecule has 0 heterocycles. The smallest absolute Gasteiger partial charge is 0.191 e. The SMILES string of the molecule is COOSO. The predicted octanol–water partition coefficient (Wildman–Crippen LogP) is 0.686. The van der Waals surface area contributed by atoms with E-state index in [0.717, 1.165) is 0 Å². The van der Waals surface area contributed by atoms with Crippen LogP contribution in [0.5, 0.6) is 0 Å². The quantitative estimate of drug-likeness (QED) is 0.312. The summed E-state index contributed by atoms with van der Waals surface area (Å²) in [7, 11) is 1.31. The van der Waals surface area contributed by atoms with Crippen LogP contribution in [0.25, 0.3) is 0 Å². The zero-order valence-corrected chi connectivity index (χ0v) is 3.49. The van der Waals surface area contributed by atoms with Crippen molar-refractivity contribution >= 4 is 12.3 Å². The fourth-order valence-corrected chi connectivity index (χ4v) is 0.0913. The highest BCUT2D eigenvalue weighted by Crippen LogP contribution is 1.89. The Balaban J connectivity index is 2.19. The molecule has 3 nitrogen and oxygen atoms in total. The zero-order chi connectivity index (χ0) is 4.12. The highest BCUT2D eigenvalue weighted by molar-refractivity contribution is 7.88. The third kappa shape index (κ3) is 4.23. The summed E-state index contributed by atoms with van der Waals surface area (Å²) < 4.78 is 11.4. The lowest BCUT2D eigenvalue weighted by Crippen LogP contribution is -1.70. The standard InChI is InChI=1S/CH4O3S/c1-3-4-5-2/h2H,1H3. The van der Waals surface area contributed by atoms with Crippen molar-refractivity contribution in [2.45, 2.75) is 0 Å². The molecule has 0 aliphatic carbocycles. The van der Waals surface area contributed by atoms with Crippen molar-refractivity contribution in [2.24, 2.45) is 0 Å². The van der Waals surface area contributed by atoms with Gasteiger partial charge in [0.25, 0.3) is 0 Å². The molecule has 0 aromatic heterocycles. The van der Waals surface area contributed by atoms with Crippen molar-refractivity contribution in [1.29, 1.82) is 0 Å². The molecule has 4 heteroatoms. The van der Waals surface area contributed by atoms with E-state index in [-0.39, 0.29) is 12.3 Å². The van der Waals surface area contributed by atoms with Gasteiger partial charge in [0.15, 0.2) is 12.3 Å². The molecular weight excluding hydrogens is 92.1 g/mol. The first-order valence-electron chi connectivity index (χ1n) is 0.924. The molecule has 0 fully saturated rings. The summed E-state index contributed by atoms with van der Waals surface area (Å²) in [4.78, 5) is 3.90. The van der Waals surface area contributed by atoms with Crippen LogP contribution in [0.1, 0.15) is 0 Å². The molecule has 0 aromatic rings. The van der Waals surface area contributed by atoms with Crippen molar-refractivity contribution in [2.75, 3.05) is 7.11 Å². The van der Waals surface area contributed by atoms with Gasteiger partial charge in [0, 0.05) is 0 Å². The minimum atomic E-state index is 0.179. The van der Waals surface area contributed by atoms with Crippen LogP contribution in [0.3, 0.4) is 0 Å². The summed E-state index contributed by atoms with van der Waals surface area (Å²) >= 11 is 0.179. The number of hydrogen-bond donors (Lipinski definition) is 1. The minimum Gasteiger partial charge on any atom is -0.305 e. The molecule has 0 saturated carbocycles. The van der Waals surface area contributed by atoms with Gasteiger partial charge in [-0.15, -0.1) is 4.33 Å². The minimum absolute atomic E-state index is 0.179. The van der Waals surface area contributed by atoms with E-state index in [0.29, 0.717) is 0 Å². The normalized spacial score (nSPS) is 8.40. The van der Waals surface area contributed by atoms with Crippen LogP contribution < -0.4 is 0 Å². The fourth-order valence-electron chi connectivity index (χ4n) is 0.0304. The van der Waals surface area contributed by atoms with Gasteiger partial charge in [0.1, 0.15) is 0 Å². The Kier molecular flexibility index (Phi) is 4.42. The van der Waals surface area contributed by atoms with Crippen LogP contribution in [-0.2, 0) is 9.22 Å². The van der Waals surface area contributed by atoms with E-state index in [2.05, 4.69) is 9.22 Å². The van der Waals surface area contributed by atoms with Crippen molar-refractivity contribution in [1.82, 2.24) is 0 Å². The van der Waals surface area contributed by atoms with Gasteiger partial charge in [-0.2, -0.15) is 0 Å². The van der Waals surface area contributed by atoms with E-state index in [4.69, 9.17) is 4.55 Å². The molecule has 0 saturated heterocycles. The summed E-state index contributed by atoms with van der Waals surface area (Å²) in [6.45, 7) is 0. The largest absolute Gasteiger partial charge is 0.305 e. The Bertz CT molecular complexity index is 14.4. The topological polar surface area (TPSA) is 38.7 Å². The molecule has 0 rings (SSSR count). The van der Waals surface area contributed by atoms with Crippen LogP contribution in [-0.4, -0.2) is 11.7 Å². The van der Waals surface area contributed by atoms with Crippen LogP contribution in [0, 0.1) is 0 Å². The zero-order valence-electron chi connectivity index (χ0n) is 2.67. The second kappa shape index (κ2) is 4.23. The van der Waals surface area contributed by atoms with Crippen LogP contribution in [0.15, 0.2) is 0 Å². The Labute approximate surface area is 34.2 Å². The lowest BCUT2D eigenvalue weighted by atomic mass is 11.8. The Morgan fingerprint density at radius 1 is 1.80 bits per heavy atom. The molecule has 1 N–H and O–H groups in total. The van der Waals surface area contributed by atoms with E-state index in [1.54, 1.807) is 0 Å². The summed E-state index contributed by atoms with van der Waals surface area (Å²) in [6, 6.07) is 0. The third-order valence-electron chi connectivity index (χ3n) is 0.0985. The van der Waals surface area contributed by atoms with Gasteiger partial charge in [-0.05, 0) is 0 Å². The molecule has 0 spiro atoms. The first kappa shape index (κ1) is 5.23. The second-order valence-electron chi connectivity index (χ2n) is 0.309. The molecule has 0 aliphatic rings. The highest BCUT2D eigenvalue weighted by Gasteiger charge is 1.68. The summed E-state index contributed by atoms with van der Waals surface area (Å²) in [5.41, 5.74) is 0. The van der Waals surface area contributed by atoms with Crippen LogP contribution in [0.2, 0.25) is 0 Å². The molecule has 0 unspecified atom stereocenters. The number of hydrogen-bond acceptors (Lipinski definition) is 4. The molecule has 0 aromatic carbocycles. The van der Waals surface area contributed by atoms with Crippen molar-refractivity contribution in [3.8, 4) is 0 Å². The monoisotopic (exact) mass is 96.0 g/mol. The van der Waals surface area contributed by atoms with Gasteiger partial charge in [-0.25, -0.2) is 4.89 Å². The Hall–Kier alpha value is 0.230. The summed E-state index contributed by atoms with van der Waals surface area (Å²) in [6.07, 6.45) is 0. The van der Waals surface area contributed by atoms with Crippen LogP contribution >= 0.6 is 12.3 Å². The van der Waals surface area contributed by atoms with Crippen molar-refractivity contribution in [3.05, 3.63) is 0 Å². The maximum absolute atomic E-state index is 7.64. The predicted molar refractivity (Wildman–Crippen MR) is 18.3 cm³/mol. The number of rotatable bonds is 2. The van der Waals surface area contributed by atoms with Gasteiger partial charge in [0.2, 0.25) is 0 Å². The molecule has 0 aliphatic heterocycles. The van der Waals surface area contributed by atoms with E-state index < -0.39 is 0 Å². The van der Waals surface area contributed by atoms with E-state index >= 15 is 0 Å². The molecule has 0 bridgehead atoms. The van der Waals surface area contributed by atoms with E-state index in [9.17, 15) is 0 Å². The third-order valence-corrected chi connectivity index (χ3v) is 0.295. The van der Waals surface area contributed by atoms with E-state index in [1.807, 2.05) is 0 Å². The molecule has 32 valence electrons. The lowest BCUT2D eigenvalue weighted by Gasteiger charge is -1.82. The molecular formula is CH4O3S. The lowest BCUT2D eigenvalue weighted by molar-refractivity contribution is -0.165. The molecule has 0 radical (unpaired) electrons. The average molecular weight is 96.1 g/mol. The van der Waals surface area contributed by atoms with Gasteiger partial charge in [0.05, 0.1) is 7.11 Å². The molecule has 5 heavy (non-hydrogen) atoms. The van der Waals surface area contributed by atoms with Gasteiger partial charge in [-0.1, -0.05) is 0 Å². The fraction of sp³-hybridized carbons (Fsp3) is 1.00. The Morgan fingerprint density at radius 3 is 2.40 bits per heavy atom. The maximum Gasteiger partial charge on any atom is 0.191 e. The van der Waals surface area contributed by atoms with Crippen LogP contribution in [0.4, 0.5) is 0 Å². The molecule has 0 atom stereocenters. The van der Waals surface area contributed by atoms with E-state index in [1.165, 1.54) is 7.11 Å². The van der Waals surface area contributed by atoms with Gasteiger partial charge >= 0.3 is 0 Å². The van der Waals surface area contributed by atoms with Crippen molar-refractivity contribution < 1.29 is 13.8 Å². The summed E-state index contributed by atoms with van der Waals surface area (Å²) in [5.74, 6) is 0. The van der Waals surface area contributed by atoms with Gasteiger partial charge < -0.3 is 4.55 Å². The first-order valence-corrected chi connectivity index (χ1v) is 1.62. The second-order valence-corrected chi connectivity index (χ2v) is 0.594. The molecule has 0 amide bonds. The van der Waals surface area contributed by atoms with Gasteiger partial charge in [-0.3, -0.25) is 0 Å².